The van der Waals surface area contributed by atoms with Gasteiger partial charge in [0.2, 0.25) is 0 Å². The molecule has 0 spiro atoms. The van der Waals surface area contributed by atoms with Crippen molar-refractivity contribution in [3.05, 3.63) is 35.4 Å². The summed E-state index contributed by atoms with van der Waals surface area (Å²) in [4.78, 5) is 25.2. The van der Waals surface area contributed by atoms with Gasteiger partial charge in [-0.05, 0) is 56.0 Å². The lowest BCUT2D eigenvalue weighted by molar-refractivity contribution is -0.123. The molecular formula is C20H30N4O2S. The Labute approximate surface area is 166 Å². The molecule has 148 valence electrons. The molecule has 0 radical (unpaired) electrons. The van der Waals surface area contributed by atoms with E-state index in [9.17, 15) is 9.59 Å². The Morgan fingerprint density at radius 2 is 1.81 bits per heavy atom. The standard InChI is InChI=1S/C20H30N4O2S/c1-13(2)12-17(22-18(25)16-11-7-4-8-14(16)3)19(26)23-24-20(27)21-15-9-5-6-10-15/h4,7-8,11,13,15,17H,5-6,9-10,12H2,1-3H3,(H,22,25)(H,23,26)(H2,21,24,27)/t17-/m0/s1. The molecule has 0 saturated heterocycles. The van der Waals surface area contributed by atoms with Crippen LogP contribution < -0.4 is 21.5 Å². The fourth-order valence-corrected chi connectivity index (χ4v) is 3.48. The average Bonchev–Trinajstić information content (AvgIpc) is 3.12. The fourth-order valence-electron chi connectivity index (χ4n) is 3.26. The molecular weight excluding hydrogens is 360 g/mol. The zero-order valence-corrected chi connectivity index (χ0v) is 17.1. The highest BCUT2D eigenvalue weighted by molar-refractivity contribution is 7.80. The van der Waals surface area contributed by atoms with Gasteiger partial charge < -0.3 is 10.6 Å². The molecule has 1 aromatic carbocycles. The van der Waals surface area contributed by atoms with E-state index in [0.29, 0.717) is 23.1 Å². The van der Waals surface area contributed by atoms with Gasteiger partial charge in [-0.15, -0.1) is 0 Å². The van der Waals surface area contributed by atoms with E-state index in [1.807, 2.05) is 39.0 Å². The molecule has 0 heterocycles. The molecule has 1 atom stereocenters. The van der Waals surface area contributed by atoms with Crippen LogP contribution in [0, 0.1) is 12.8 Å². The van der Waals surface area contributed by atoms with Gasteiger partial charge >= 0.3 is 0 Å². The molecule has 2 amide bonds. The third-order valence-corrected chi connectivity index (χ3v) is 4.93. The van der Waals surface area contributed by atoms with Crippen LogP contribution in [0.15, 0.2) is 24.3 Å². The molecule has 0 unspecified atom stereocenters. The summed E-state index contributed by atoms with van der Waals surface area (Å²) in [5.74, 6) is -0.303. The van der Waals surface area contributed by atoms with Gasteiger partial charge in [0.1, 0.15) is 6.04 Å². The van der Waals surface area contributed by atoms with Crippen LogP contribution >= 0.6 is 12.2 Å². The van der Waals surface area contributed by atoms with Crippen molar-refractivity contribution >= 4 is 29.1 Å². The molecule has 1 aromatic rings. The quantitative estimate of drug-likeness (QED) is 0.443. The minimum absolute atomic E-state index is 0.249. The second kappa shape index (κ2) is 10.3. The van der Waals surface area contributed by atoms with Gasteiger partial charge in [-0.25, -0.2) is 0 Å². The molecule has 1 saturated carbocycles. The number of nitrogens with one attached hydrogen (secondary N) is 4. The molecule has 27 heavy (non-hydrogen) atoms. The molecule has 4 N–H and O–H groups in total. The molecule has 1 aliphatic carbocycles. The largest absolute Gasteiger partial charge is 0.359 e. The van der Waals surface area contributed by atoms with Crippen molar-refractivity contribution in [2.45, 2.75) is 65.0 Å². The Bertz CT molecular complexity index is 672. The first-order chi connectivity index (χ1) is 12.9. The van der Waals surface area contributed by atoms with Crippen molar-refractivity contribution in [3.63, 3.8) is 0 Å². The van der Waals surface area contributed by atoms with Crippen LogP contribution in [0.1, 0.15) is 61.9 Å². The molecule has 0 bridgehead atoms. The number of benzene rings is 1. The van der Waals surface area contributed by atoms with Gasteiger partial charge in [0, 0.05) is 11.6 Å². The number of hydrogen-bond acceptors (Lipinski definition) is 3. The maximum Gasteiger partial charge on any atom is 0.260 e. The molecule has 2 rings (SSSR count). The van der Waals surface area contributed by atoms with Crippen molar-refractivity contribution in [2.75, 3.05) is 0 Å². The van der Waals surface area contributed by atoms with E-state index in [1.54, 1.807) is 6.07 Å². The van der Waals surface area contributed by atoms with E-state index < -0.39 is 6.04 Å². The third-order valence-electron chi connectivity index (χ3n) is 4.71. The van der Waals surface area contributed by atoms with E-state index in [1.165, 1.54) is 12.8 Å². The highest BCUT2D eigenvalue weighted by Crippen LogP contribution is 2.17. The molecule has 1 aliphatic rings. The van der Waals surface area contributed by atoms with Crippen LogP contribution in [0.4, 0.5) is 0 Å². The summed E-state index contributed by atoms with van der Waals surface area (Å²) in [7, 11) is 0. The summed E-state index contributed by atoms with van der Waals surface area (Å²) in [6, 6.07) is 7.06. The predicted octanol–water partition coefficient (Wildman–Crippen LogP) is 2.58. The highest BCUT2D eigenvalue weighted by atomic mass is 32.1. The van der Waals surface area contributed by atoms with Gasteiger partial charge in [-0.3, -0.25) is 20.4 Å². The van der Waals surface area contributed by atoms with E-state index in [0.717, 1.165) is 18.4 Å². The lowest BCUT2D eigenvalue weighted by Crippen LogP contribution is -2.55. The Kier molecular flexibility index (Phi) is 8.03. The number of carbonyl (C=O) groups is 2. The monoisotopic (exact) mass is 390 g/mol. The van der Waals surface area contributed by atoms with E-state index in [2.05, 4.69) is 21.5 Å². The number of hydrazine groups is 1. The van der Waals surface area contributed by atoms with Crippen LogP contribution in [-0.4, -0.2) is 29.0 Å². The van der Waals surface area contributed by atoms with Gasteiger partial charge in [0.25, 0.3) is 11.8 Å². The minimum Gasteiger partial charge on any atom is -0.359 e. The minimum atomic E-state index is -0.640. The fraction of sp³-hybridized carbons (Fsp3) is 0.550. The summed E-state index contributed by atoms with van der Waals surface area (Å²) in [5, 5.41) is 6.46. The van der Waals surface area contributed by atoms with Crippen molar-refractivity contribution in [2.24, 2.45) is 5.92 Å². The van der Waals surface area contributed by atoms with Crippen LogP contribution in [0.5, 0.6) is 0 Å². The smallest absolute Gasteiger partial charge is 0.260 e. The lowest BCUT2D eigenvalue weighted by Gasteiger charge is -2.22. The summed E-state index contributed by atoms with van der Waals surface area (Å²) < 4.78 is 0. The Morgan fingerprint density at radius 1 is 1.15 bits per heavy atom. The maximum atomic E-state index is 12.6. The first-order valence-electron chi connectivity index (χ1n) is 9.59. The number of hydrogen-bond donors (Lipinski definition) is 4. The second-order valence-electron chi connectivity index (χ2n) is 7.54. The molecule has 1 fully saturated rings. The molecule has 0 aromatic heterocycles. The van der Waals surface area contributed by atoms with Gasteiger partial charge in [0.15, 0.2) is 5.11 Å². The Morgan fingerprint density at radius 3 is 2.44 bits per heavy atom. The third kappa shape index (κ3) is 6.82. The first-order valence-corrected chi connectivity index (χ1v) is 10.0. The number of amides is 2. The topological polar surface area (TPSA) is 82.3 Å². The van der Waals surface area contributed by atoms with Gasteiger partial charge in [-0.2, -0.15) is 0 Å². The summed E-state index contributed by atoms with van der Waals surface area (Å²) in [5.41, 5.74) is 6.83. The molecule has 6 nitrogen and oxygen atoms in total. The van der Waals surface area contributed by atoms with Crippen LogP contribution in [0.2, 0.25) is 0 Å². The van der Waals surface area contributed by atoms with E-state index >= 15 is 0 Å². The molecule has 0 aliphatic heterocycles. The SMILES string of the molecule is Cc1ccccc1C(=O)N[C@@H](CC(C)C)C(=O)NNC(=S)NC1CCCC1. The van der Waals surface area contributed by atoms with Crippen molar-refractivity contribution in [1.82, 2.24) is 21.5 Å². The zero-order valence-electron chi connectivity index (χ0n) is 16.3. The normalized spacial score (nSPS) is 15.3. The lowest BCUT2D eigenvalue weighted by atomic mass is 10.0. The number of carbonyl (C=O) groups excluding carboxylic acids is 2. The Hall–Kier alpha value is -2.15. The first kappa shape index (κ1) is 21.2. The number of thiocarbonyl (C=S) groups is 1. The van der Waals surface area contributed by atoms with E-state index in [-0.39, 0.29) is 17.7 Å². The van der Waals surface area contributed by atoms with Crippen LogP contribution in [0.3, 0.4) is 0 Å². The number of rotatable bonds is 6. The highest BCUT2D eigenvalue weighted by Gasteiger charge is 2.23. The summed E-state index contributed by atoms with van der Waals surface area (Å²) in [6.45, 7) is 5.90. The predicted molar refractivity (Wildman–Crippen MR) is 111 cm³/mol. The summed E-state index contributed by atoms with van der Waals surface area (Å²) in [6.07, 6.45) is 5.13. The second-order valence-corrected chi connectivity index (χ2v) is 7.95. The van der Waals surface area contributed by atoms with Crippen molar-refractivity contribution < 1.29 is 9.59 Å². The van der Waals surface area contributed by atoms with Crippen LogP contribution in [0.25, 0.3) is 0 Å². The molecule has 7 heteroatoms. The van der Waals surface area contributed by atoms with Gasteiger partial charge in [-0.1, -0.05) is 44.9 Å². The maximum absolute atomic E-state index is 12.6. The Balaban J connectivity index is 1.91. The summed E-state index contributed by atoms with van der Waals surface area (Å²) >= 11 is 5.24. The van der Waals surface area contributed by atoms with Gasteiger partial charge in [0.05, 0.1) is 0 Å². The van der Waals surface area contributed by atoms with Crippen molar-refractivity contribution in [1.29, 1.82) is 0 Å². The number of aryl methyl sites for hydroxylation is 1. The van der Waals surface area contributed by atoms with E-state index in [4.69, 9.17) is 12.2 Å². The average molecular weight is 391 g/mol. The zero-order chi connectivity index (χ0) is 19.8. The van der Waals surface area contributed by atoms with Crippen molar-refractivity contribution in [3.8, 4) is 0 Å². The van der Waals surface area contributed by atoms with Crippen LogP contribution in [-0.2, 0) is 4.79 Å².